The molecule has 0 N–H and O–H groups in total. The van der Waals surface area contributed by atoms with Gasteiger partial charge in [-0.15, -0.1) is 0 Å². The molecule has 1 aromatic carbocycles. The summed E-state index contributed by atoms with van der Waals surface area (Å²) in [5, 5.41) is 0. The van der Waals surface area contributed by atoms with Crippen molar-refractivity contribution in [2.75, 3.05) is 0 Å². The Kier molecular flexibility index (Phi) is 5.61. The first-order valence-electron chi connectivity index (χ1n) is 5.41. The number of benzene rings is 1. The van der Waals surface area contributed by atoms with E-state index < -0.39 is 22.3 Å². The van der Waals surface area contributed by atoms with Crippen LogP contribution in [0.15, 0.2) is 27.1 Å². The van der Waals surface area contributed by atoms with Gasteiger partial charge in [-0.1, -0.05) is 6.07 Å². The molecule has 0 unspecified atom stereocenters. The van der Waals surface area contributed by atoms with Gasteiger partial charge in [0.25, 0.3) is 0 Å². The average molecular weight is 354 g/mol. The second-order valence-corrected chi connectivity index (χ2v) is 7.41. The predicted octanol–water partition coefficient (Wildman–Crippen LogP) is 3.93. The highest BCUT2D eigenvalue weighted by molar-refractivity contribution is 9.10. The quantitative estimate of drug-likeness (QED) is 0.769. The van der Waals surface area contributed by atoms with Gasteiger partial charge in [-0.05, 0) is 48.8 Å². The van der Waals surface area contributed by atoms with Crippen molar-refractivity contribution in [3.05, 3.63) is 28.2 Å². The Hall–Kier alpha value is -0.820. The molecule has 0 aliphatic rings. The number of hydrogen-bond acceptors (Lipinski definition) is 2. The Labute approximate surface area is 121 Å². The van der Waals surface area contributed by atoms with Crippen LogP contribution in [0.5, 0.6) is 5.75 Å². The molecule has 0 saturated carbocycles. The maximum Gasteiger partial charge on any atom is 0.387 e. The molecule has 0 saturated heterocycles. The van der Waals surface area contributed by atoms with Crippen LogP contribution in [0.2, 0.25) is 0 Å². The van der Waals surface area contributed by atoms with Crippen LogP contribution in [0, 0.1) is 0 Å². The van der Waals surface area contributed by atoms with E-state index >= 15 is 0 Å². The van der Waals surface area contributed by atoms with Gasteiger partial charge in [-0.2, -0.15) is 13.2 Å². The Bertz CT molecular complexity index is 501. The second kappa shape index (κ2) is 6.56. The van der Waals surface area contributed by atoms with Gasteiger partial charge >= 0.3 is 6.61 Å². The standard InChI is InChI=1S/C12H14BrF2NO2S/c1-12(2,3)19(17)16-7-8-9(13)5-4-6-10(8)18-11(14)15/h4-7,11H,1-3H3/b16-7+/t19-/m0/s1. The van der Waals surface area contributed by atoms with E-state index in [1.165, 1.54) is 12.3 Å². The van der Waals surface area contributed by atoms with Gasteiger partial charge in [0.1, 0.15) is 16.7 Å². The molecule has 1 rings (SSSR count). The average Bonchev–Trinajstić information content (AvgIpc) is 2.25. The zero-order valence-electron chi connectivity index (χ0n) is 10.7. The number of rotatable bonds is 4. The fraction of sp³-hybridized carbons (Fsp3) is 0.417. The molecule has 106 valence electrons. The highest BCUT2D eigenvalue weighted by Crippen LogP contribution is 2.27. The first-order chi connectivity index (χ1) is 8.71. The molecule has 0 heterocycles. The Morgan fingerprint density at radius 2 is 2.05 bits per heavy atom. The minimum absolute atomic E-state index is 0.0148. The molecule has 0 aliphatic carbocycles. The topological polar surface area (TPSA) is 38.7 Å². The van der Waals surface area contributed by atoms with Crippen molar-refractivity contribution >= 4 is 33.1 Å². The molecular formula is C12H14BrF2NO2S. The summed E-state index contributed by atoms with van der Waals surface area (Å²) >= 11 is 3.22. The summed E-state index contributed by atoms with van der Waals surface area (Å²) in [6, 6.07) is 4.64. The lowest BCUT2D eigenvalue weighted by Gasteiger charge is -2.13. The van der Waals surface area contributed by atoms with Gasteiger partial charge in [0.15, 0.2) is 0 Å². The molecule has 1 atom stereocenters. The van der Waals surface area contributed by atoms with Crippen LogP contribution in [-0.2, 0) is 11.0 Å². The lowest BCUT2D eigenvalue weighted by molar-refractivity contribution is -0.0499. The summed E-state index contributed by atoms with van der Waals surface area (Å²) in [4.78, 5) is 0. The number of ether oxygens (including phenoxy) is 1. The number of halogens is 3. The Morgan fingerprint density at radius 1 is 1.42 bits per heavy atom. The van der Waals surface area contributed by atoms with E-state index in [1.54, 1.807) is 32.9 Å². The van der Waals surface area contributed by atoms with E-state index in [9.17, 15) is 13.0 Å². The SMILES string of the molecule is CC(C)(C)[S@](=O)/N=C/c1c(Br)cccc1OC(F)F. The molecule has 3 nitrogen and oxygen atoms in total. The van der Waals surface area contributed by atoms with Crippen LogP contribution >= 0.6 is 15.9 Å². The van der Waals surface area contributed by atoms with Crippen LogP contribution in [0.4, 0.5) is 8.78 Å². The molecular weight excluding hydrogens is 340 g/mol. The Morgan fingerprint density at radius 3 is 2.58 bits per heavy atom. The molecule has 1 aromatic rings. The van der Waals surface area contributed by atoms with E-state index in [2.05, 4.69) is 25.1 Å². The van der Waals surface area contributed by atoms with Crippen LogP contribution in [-0.4, -0.2) is 21.8 Å². The van der Waals surface area contributed by atoms with Gasteiger partial charge < -0.3 is 4.74 Å². The molecule has 0 fully saturated rings. The lowest BCUT2D eigenvalue weighted by atomic mass is 10.2. The lowest BCUT2D eigenvalue weighted by Crippen LogP contribution is -2.19. The molecule has 0 aliphatic heterocycles. The fourth-order valence-electron chi connectivity index (χ4n) is 1.10. The monoisotopic (exact) mass is 353 g/mol. The van der Waals surface area contributed by atoms with E-state index in [1.807, 2.05) is 0 Å². The fourth-order valence-corrected chi connectivity index (χ4v) is 2.07. The van der Waals surface area contributed by atoms with Crippen LogP contribution in [0.3, 0.4) is 0 Å². The van der Waals surface area contributed by atoms with Crippen LogP contribution in [0.25, 0.3) is 0 Å². The van der Waals surface area contributed by atoms with Crippen molar-refractivity contribution in [1.82, 2.24) is 0 Å². The van der Waals surface area contributed by atoms with Crippen molar-refractivity contribution in [2.45, 2.75) is 32.1 Å². The normalized spacial score (nSPS) is 14.1. The van der Waals surface area contributed by atoms with Gasteiger partial charge in [-0.3, -0.25) is 0 Å². The summed E-state index contributed by atoms with van der Waals surface area (Å²) in [6.07, 6.45) is 1.28. The van der Waals surface area contributed by atoms with E-state index in [0.717, 1.165) is 0 Å². The third-order valence-corrected chi connectivity index (χ3v) is 4.07. The number of alkyl halides is 2. The summed E-state index contributed by atoms with van der Waals surface area (Å²) in [6.45, 7) is 2.40. The van der Waals surface area contributed by atoms with Crippen molar-refractivity contribution in [1.29, 1.82) is 0 Å². The zero-order chi connectivity index (χ0) is 14.6. The largest absolute Gasteiger partial charge is 0.434 e. The molecule has 0 amide bonds. The van der Waals surface area contributed by atoms with Crippen LogP contribution in [0.1, 0.15) is 26.3 Å². The molecule has 0 spiro atoms. The predicted molar refractivity (Wildman–Crippen MR) is 76.3 cm³/mol. The van der Waals surface area contributed by atoms with E-state index in [-0.39, 0.29) is 5.75 Å². The van der Waals surface area contributed by atoms with Crippen molar-refractivity contribution in [2.24, 2.45) is 4.40 Å². The summed E-state index contributed by atoms with van der Waals surface area (Å²) in [5.74, 6) is -0.0148. The van der Waals surface area contributed by atoms with Gasteiger partial charge in [0.2, 0.25) is 0 Å². The van der Waals surface area contributed by atoms with E-state index in [4.69, 9.17) is 0 Å². The third kappa shape index (κ3) is 4.99. The highest BCUT2D eigenvalue weighted by Gasteiger charge is 2.19. The van der Waals surface area contributed by atoms with Gasteiger partial charge in [0.05, 0.1) is 10.3 Å². The molecule has 0 radical (unpaired) electrons. The second-order valence-electron chi connectivity index (χ2n) is 4.63. The molecule has 7 heteroatoms. The first kappa shape index (κ1) is 16.2. The molecule has 19 heavy (non-hydrogen) atoms. The van der Waals surface area contributed by atoms with Crippen LogP contribution < -0.4 is 4.74 Å². The highest BCUT2D eigenvalue weighted by atomic mass is 79.9. The summed E-state index contributed by atoms with van der Waals surface area (Å²) < 4.78 is 44.7. The zero-order valence-corrected chi connectivity index (χ0v) is 13.1. The first-order valence-corrected chi connectivity index (χ1v) is 7.31. The number of hydrogen-bond donors (Lipinski definition) is 0. The summed E-state index contributed by atoms with van der Waals surface area (Å²) in [7, 11) is -1.46. The van der Waals surface area contributed by atoms with Gasteiger partial charge in [0, 0.05) is 10.7 Å². The maximum absolute atomic E-state index is 12.3. The van der Waals surface area contributed by atoms with Crippen molar-refractivity contribution < 1.29 is 17.7 Å². The van der Waals surface area contributed by atoms with Crippen molar-refractivity contribution in [3.8, 4) is 5.75 Å². The van der Waals surface area contributed by atoms with Crippen molar-refractivity contribution in [3.63, 3.8) is 0 Å². The maximum atomic E-state index is 12.3. The minimum Gasteiger partial charge on any atom is -0.434 e. The summed E-state index contributed by atoms with van der Waals surface area (Å²) in [5.41, 5.74) is 0.334. The number of nitrogens with zero attached hydrogens (tertiary/aromatic N) is 1. The molecule has 0 aromatic heterocycles. The third-order valence-electron chi connectivity index (χ3n) is 2.03. The smallest absolute Gasteiger partial charge is 0.387 e. The van der Waals surface area contributed by atoms with Gasteiger partial charge in [-0.25, -0.2) is 4.21 Å². The molecule has 0 bridgehead atoms. The Balaban J connectivity index is 3.06. The van der Waals surface area contributed by atoms with E-state index in [0.29, 0.717) is 10.0 Å². The minimum atomic E-state index is -2.92.